The zero-order valence-corrected chi connectivity index (χ0v) is 14.7. The summed E-state index contributed by atoms with van der Waals surface area (Å²) >= 11 is 0. The molecular weight excluding hydrogens is 383 g/mol. The van der Waals surface area contributed by atoms with Crippen molar-refractivity contribution in [1.82, 2.24) is 9.80 Å². The number of rotatable bonds is 4. The summed E-state index contributed by atoms with van der Waals surface area (Å²) in [4.78, 5) is 15.9. The monoisotopic (exact) mass is 400 g/mol. The van der Waals surface area contributed by atoms with E-state index in [2.05, 4.69) is 4.74 Å². The average molecular weight is 400 g/mol. The molecule has 0 aromatic heterocycles. The van der Waals surface area contributed by atoms with Crippen LogP contribution in [-0.4, -0.2) is 48.2 Å². The first kappa shape index (κ1) is 20.1. The molecule has 1 amide bonds. The maximum Gasteiger partial charge on any atom is 0.573 e. The van der Waals surface area contributed by atoms with Gasteiger partial charge in [-0.25, -0.2) is 8.78 Å². The number of halogens is 5. The smallest absolute Gasteiger partial charge is 0.406 e. The lowest BCUT2D eigenvalue weighted by Gasteiger charge is -2.34. The molecule has 150 valence electrons. The van der Waals surface area contributed by atoms with E-state index >= 15 is 0 Å². The minimum Gasteiger partial charge on any atom is -0.406 e. The molecule has 1 heterocycles. The van der Waals surface area contributed by atoms with Crippen LogP contribution in [-0.2, 0) is 6.54 Å². The molecule has 0 bridgehead atoms. The second kappa shape index (κ2) is 8.14. The highest BCUT2D eigenvalue weighted by Crippen LogP contribution is 2.23. The Morgan fingerprint density at radius 1 is 0.964 bits per heavy atom. The van der Waals surface area contributed by atoms with Gasteiger partial charge in [0.2, 0.25) is 0 Å². The average Bonchev–Trinajstić information content (AvgIpc) is 2.64. The van der Waals surface area contributed by atoms with Crippen molar-refractivity contribution in [1.29, 1.82) is 0 Å². The van der Waals surface area contributed by atoms with Crippen LogP contribution in [0.25, 0.3) is 0 Å². The highest BCUT2D eigenvalue weighted by atomic mass is 19.4. The number of carbonyl (C=O) groups excluding carboxylic acids is 1. The van der Waals surface area contributed by atoms with Crippen molar-refractivity contribution in [3.63, 3.8) is 0 Å². The zero-order chi connectivity index (χ0) is 20.3. The number of amides is 1. The number of nitrogens with zero attached hydrogens (tertiary/aromatic N) is 2. The molecule has 4 nitrogen and oxygen atoms in total. The lowest BCUT2D eigenvalue weighted by molar-refractivity contribution is -0.274. The maximum absolute atomic E-state index is 13.8. The summed E-state index contributed by atoms with van der Waals surface area (Å²) in [5.74, 6) is -3.08. The Balaban J connectivity index is 1.54. The topological polar surface area (TPSA) is 32.8 Å². The molecule has 28 heavy (non-hydrogen) atoms. The third-order valence-corrected chi connectivity index (χ3v) is 4.40. The van der Waals surface area contributed by atoms with Crippen LogP contribution >= 0.6 is 0 Å². The minimum absolute atomic E-state index is 0.288. The van der Waals surface area contributed by atoms with Crippen molar-refractivity contribution < 1.29 is 31.5 Å². The van der Waals surface area contributed by atoms with Gasteiger partial charge in [0.1, 0.15) is 5.75 Å². The normalized spacial score (nSPS) is 15.5. The van der Waals surface area contributed by atoms with E-state index in [9.17, 15) is 26.7 Å². The molecule has 0 atom stereocenters. The highest BCUT2D eigenvalue weighted by Gasteiger charge is 2.31. The largest absolute Gasteiger partial charge is 0.573 e. The molecule has 1 aliphatic rings. The first-order valence-corrected chi connectivity index (χ1v) is 8.53. The van der Waals surface area contributed by atoms with Crippen LogP contribution in [0.15, 0.2) is 42.5 Å². The van der Waals surface area contributed by atoms with E-state index in [1.54, 1.807) is 12.1 Å². The van der Waals surface area contributed by atoms with E-state index in [0.717, 1.165) is 11.6 Å². The summed E-state index contributed by atoms with van der Waals surface area (Å²) < 4.78 is 67.5. The molecule has 0 spiro atoms. The first-order valence-electron chi connectivity index (χ1n) is 8.53. The highest BCUT2D eigenvalue weighted by molar-refractivity contribution is 5.94. The van der Waals surface area contributed by atoms with Gasteiger partial charge in [0.25, 0.3) is 5.91 Å². The zero-order valence-electron chi connectivity index (χ0n) is 14.7. The molecule has 0 radical (unpaired) electrons. The van der Waals surface area contributed by atoms with E-state index < -0.39 is 23.9 Å². The van der Waals surface area contributed by atoms with Crippen molar-refractivity contribution in [2.45, 2.75) is 12.9 Å². The number of hydrogen-bond acceptors (Lipinski definition) is 3. The van der Waals surface area contributed by atoms with Gasteiger partial charge in [-0.3, -0.25) is 9.69 Å². The van der Waals surface area contributed by atoms with Gasteiger partial charge in [0, 0.05) is 32.7 Å². The molecule has 1 fully saturated rings. The van der Waals surface area contributed by atoms with Crippen LogP contribution in [0.3, 0.4) is 0 Å². The molecule has 0 aliphatic carbocycles. The number of piperazine rings is 1. The second-order valence-electron chi connectivity index (χ2n) is 6.36. The molecular formula is C19H17F5N2O2. The second-order valence-corrected chi connectivity index (χ2v) is 6.36. The van der Waals surface area contributed by atoms with Gasteiger partial charge in [-0.15, -0.1) is 13.2 Å². The Morgan fingerprint density at radius 2 is 1.61 bits per heavy atom. The van der Waals surface area contributed by atoms with E-state index in [-0.39, 0.29) is 11.3 Å². The molecule has 3 rings (SSSR count). The lowest BCUT2D eigenvalue weighted by atomic mass is 10.1. The standard InChI is InChI=1S/C19H17F5N2O2/c20-16-3-1-2-15(17(16)21)18(27)26-10-8-25(9-11-26)12-13-4-6-14(7-5-13)28-19(22,23)24/h1-7H,8-12H2. The molecule has 0 unspecified atom stereocenters. The molecule has 0 N–H and O–H groups in total. The van der Waals surface area contributed by atoms with Gasteiger partial charge in [0.15, 0.2) is 11.6 Å². The lowest BCUT2D eigenvalue weighted by Crippen LogP contribution is -2.48. The van der Waals surface area contributed by atoms with E-state index in [0.29, 0.717) is 32.7 Å². The first-order chi connectivity index (χ1) is 13.2. The van der Waals surface area contributed by atoms with Crippen molar-refractivity contribution in [3.05, 3.63) is 65.2 Å². The van der Waals surface area contributed by atoms with Crippen LogP contribution in [0.5, 0.6) is 5.75 Å². The van der Waals surface area contributed by atoms with Crippen molar-refractivity contribution in [2.24, 2.45) is 0 Å². The minimum atomic E-state index is -4.73. The van der Waals surface area contributed by atoms with Gasteiger partial charge >= 0.3 is 6.36 Å². The van der Waals surface area contributed by atoms with Crippen LogP contribution in [0.2, 0.25) is 0 Å². The summed E-state index contributed by atoms with van der Waals surface area (Å²) in [5, 5.41) is 0. The fraction of sp³-hybridized carbons (Fsp3) is 0.316. The van der Waals surface area contributed by atoms with E-state index in [1.807, 2.05) is 4.90 Å². The number of alkyl halides is 3. The number of hydrogen-bond donors (Lipinski definition) is 0. The van der Waals surface area contributed by atoms with Gasteiger partial charge < -0.3 is 9.64 Å². The van der Waals surface area contributed by atoms with Gasteiger partial charge in [0.05, 0.1) is 5.56 Å². The maximum atomic E-state index is 13.8. The van der Waals surface area contributed by atoms with Crippen molar-refractivity contribution in [3.8, 4) is 5.75 Å². The molecule has 2 aromatic carbocycles. The van der Waals surface area contributed by atoms with Crippen LogP contribution in [0, 0.1) is 11.6 Å². The summed E-state index contributed by atoms with van der Waals surface area (Å²) in [5.41, 5.74) is 0.499. The molecule has 9 heteroatoms. The van der Waals surface area contributed by atoms with Crippen LogP contribution in [0.1, 0.15) is 15.9 Å². The Hall–Kier alpha value is -2.68. The van der Waals surface area contributed by atoms with Gasteiger partial charge in [-0.2, -0.15) is 0 Å². The van der Waals surface area contributed by atoms with E-state index in [1.165, 1.54) is 29.2 Å². The van der Waals surface area contributed by atoms with Crippen LogP contribution < -0.4 is 4.74 Å². The fourth-order valence-electron chi connectivity index (χ4n) is 3.00. The Bertz CT molecular complexity index is 831. The van der Waals surface area contributed by atoms with Gasteiger partial charge in [-0.05, 0) is 29.8 Å². The molecule has 1 aliphatic heterocycles. The third-order valence-electron chi connectivity index (χ3n) is 4.40. The molecule has 0 saturated carbocycles. The van der Waals surface area contributed by atoms with E-state index in [4.69, 9.17) is 0 Å². The fourth-order valence-corrected chi connectivity index (χ4v) is 3.00. The summed E-state index contributed by atoms with van der Waals surface area (Å²) in [7, 11) is 0. The van der Waals surface area contributed by atoms with Gasteiger partial charge in [-0.1, -0.05) is 18.2 Å². The third kappa shape index (κ3) is 4.98. The molecule has 2 aromatic rings. The quantitative estimate of drug-likeness (QED) is 0.732. The number of carbonyl (C=O) groups is 1. The Morgan fingerprint density at radius 3 is 2.21 bits per heavy atom. The number of benzene rings is 2. The summed E-state index contributed by atoms with van der Waals surface area (Å²) in [6, 6.07) is 9.06. The predicted molar refractivity (Wildman–Crippen MR) is 90.7 cm³/mol. The summed E-state index contributed by atoms with van der Waals surface area (Å²) in [6.45, 7) is 2.17. The molecule has 1 saturated heterocycles. The Kier molecular flexibility index (Phi) is 5.83. The van der Waals surface area contributed by atoms with Crippen molar-refractivity contribution in [2.75, 3.05) is 26.2 Å². The summed E-state index contributed by atoms with van der Waals surface area (Å²) in [6.07, 6.45) is -4.73. The predicted octanol–water partition coefficient (Wildman–Crippen LogP) is 3.82. The van der Waals surface area contributed by atoms with Crippen molar-refractivity contribution >= 4 is 5.91 Å². The number of ether oxygens (including phenoxy) is 1. The van der Waals surface area contributed by atoms with Crippen LogP contribution in [0.4, 0.5) is 22.0 Å². The SMILES string of the molecule is O=C(c1cccc(F)c1F)N1CCN(Cc2ccc(OC(F)(F)F)cc2)CC1. The Labute approximate surface area is 158 Å².